The standard InChI is InChI=1S/C26H26ClFN2O2S/c1-2-6-20-7-3-4-10-24(20)32-17-19-15-25(33-18-19)26(31)30-13-11-29(12-14-30)16-21-22(27)8-5-9-23(21)28/h2-10,15,18H,11-14,16-17H2,1H3/b6-2+. The molecule has 0 atom stereocenters. The molecule has 0 radical (unpaired) electrons. The number of para-hydroxylation sites is 1. The lowest BCUT2D eigenvalue weighted by Gasteiger charge is -2.34. The number of hydrogen-bond acceptors (Lipinski definition) is 4. The van der Waals surface area contributed by atoms with Crippen molar-refractivity contribution in [1.82, 2.24) is 9.80 Å². The molecule has 2 aromatic carbocycles. The number of piperazine rings is 1. The van der Waals surface area contributed by atoms with Gasteiger partial charge in [-0.25, -0.2) is 4.39 Å². The van der Waals surface area contributed by atoms with Crippen molar-refractivity contribution >= 4 is 34.9 Å². The van der Waals surface area contributed by atoms with E-state index in [0.717, 1.165) is 16.9 Å². The highest BCUT2D eigenvalue weighted by atomic mass is 35.5. The van der Waals surface area contributed by atoms with Crippen LogP contribution in [0.2, 0.25) is 5.02 Å². The van der Waals surface area contributed by atoms with Gasteiger partial charge in [0, 0.05) is 54.4 Å². The first-order valence-electron chi connectivity index (χ1n) is 10.9. The molecule has 1 aliphatic heterocycles. The van der Waals surface area contributed by atoms with E-state index in [-0.39, 0.29) is 11.7 Å². The molecule has 1 fully saturated rings. The predicted octanol–water partition coefficient (Wildman–Crippen LogP) is 6.11. The summed E-state index contributed by atoms with van der Waals surface area (Å²) in [5.41, 5.74) is 2.52. The van der Waals surface area contributed by atoms with Crippen molar-refractivity contribution in [2.45, 2.75) is 20.1 Å². The second-order valence-electron chi connectivity index (χ2n) is 7.91. The van der Waals surface area contributed by atoms with Gasteiger partial charge < -0.3 is 9.64 Å². The van der Waals surface area contributed by atoms with Crippen molar-refractivity contribution in [3.8, 4) is 5.75 Å². The fourth-order valence-electron chi connectivity index (χ4n) is 3.83. The van der Waals surface area contributed by atoms with Gasteiger partial charge in [-0.1, -0.05) is 48.0 Å². The summed E-state index contributed by atoms with van der Waals surface area (Å²) in [5, 5.41) is 2.41. The smallest absolute Gasteiger partial charge is 0.264 e. The Kier molecular flexibility index (Phi) is 7.81. The molecule has 0 saturated carbocycles. The molecule has 0 aliphatic carbocycles. The lowest BCUT2D eigenvalue weighted by molar-refractivity contribution is 0.0631. The summed E-state index contributed by atoms with van der Waals surface area (Å²) < 4.78 is 20.1. The average Bonchev–Trinajstić information content (AvgIpc) is 3.30. The first-order valence-corrected chi connectivity index (χ1v) is 12.2. The zero-order valence-electron chi connectivity index (χ0n) is 18.5. The van der Waals surface area contributed by atoms with Gasteiger partial charge in [-0.15, -0.1) is 11.3 Å². The molecular weight excluding hydrogens is 459 g/mol. The number of allylic oxidation sites excluding steroid dienone is 1. The van der Waals surface area contributed by atoms with Gasteiger partial charge >= 0.3 is 0 Å². The Hall–Kier alpha value is -2.67. The fraction of sp³-hybridized carbons (Fsp3) is 0.269. The van der Waals surface area contributed by atoms with Crippen molar-refractivity contribution in [1.29, 1.82) is 0 Å². The van der Waals surface area contributed by atoms with Crippen LogP contribution in [0.25, 0.3) is 6.08 Å². The molecular formula is C26H26ClFN2O2S. The molecule has 0 unspecified atom stereocenters. The molecule has 1 amide bonds. The summed E-state index contributed by atoms with van der Waals surface area (Å²) in [6.07, 6.45) is 3.99. The highest BCUT2D eigenvalue weighted by molar-refractivity contribution is 7.12. The predicted molar refractivity (Wildman–Crippen MR) is 132 cm³/mol. The van der Waals surface area contributed by atoms with Crippen molar-refractivity contribution in [2.24, 2.45) is 0 Å². The molecule has 1 aromatic heterocycles. The maximum absolute atomic E-state index is 14.1. The van der Waals surface area contributed by atoms with Crippen molar-refractivity contribution in [3.63, 3.8) is 0 Å². The summed E-state index contributed by atoms with van der Waals surface area (Å²) in [7, 11) is 0. The lowest BCUT2D eigenvalue weighted by atomic mass is 10.1. The molecule has 4 nitrogen and oxygen atoms in total. The van der Waals surface area contributed by atoms with E-state index in [1.165, 1.54) is 17.4 Å². The Morgan fingerprint density at radius 3 is 2.70 bits per heavy atom. The average molecular weight is 485 g/mol. The minimum Gasteiger partial charge on any atom is -0.488 e. The minimum absolute atomic E-state index is 0.0316. The Bertz CT molecular complexity index is 1120. The van der Waals surface area contributed by atoms with Crippen LogP contribution in [-0.2, 0) is 13.2 Å². The summed E-state index contributed by atoms with van der Waals surface area (Å²) in [6, 6.07) is 14.5. The molecule has 0 bridgehead atoms. The fourth-order valence-corrected chi connectivity index (χ4v) is 4.91. The van der Waals surface area contributed by atoms with Crippen LogP contribution in [0.5, 0.6) is 5.75 Å². The van der Waals surface area contributed by atoms with Gasteiger partial charge in [0.2, 0.25) is 0 Å². The Labute approximate surface area is 202 Å². The third-order valence-electron chi connectivity index (χ3n) is 5.63. The van der Waals surface area contributed by atoms with Gasteiger partial charge in [-0.3, -0.25) is 9.69 Å². The number of carbonyl (C=O) groups is 1. The van der Waals surface area contributed by atoms with Crippen LogP contribution in [0.3, 0.4) is 0 Å². The molecule has 172 valence electrons. The summed E-state index contributed by atoms with van der Waals surface area (Å²) in [6.45, 7) is 5.40. The van der Waals surface area contributed by atoms with Crippen LogP contribution < -0.4 is 4.74 Å². The SMILES string of the molecule is C/C=C/c1ccccc1OCc1csc(C(=O)N2CCN(Cc3c(F)cccc3Cl)CC2)c1. The van der Waals surface area contributed by atoms with Gasteiger partial charge in [0.05, 0.1) is 4.88 Å². The molecule has 2 heterocycles. The number of nitrogens with zero attached hydrogens (tertiary/aromatic N) is 2. The first-order chi connectivity index (χ1) is 16.0. The monoisotopic (exact) mass is 484 g/mol. The largest absolute Gasteiger partial charge is 0.488 e. The van der Waals surface area contributed by atoms with E-state index in [1.807, 2.05) is 59.7 Å². The Balaban J connectivity index is 1.31. The second kappa shape index (κ2) is 11.0. The van der Waals surface area contributed by atoms with E-state index in [2.05, 4.69) is 4.90 Å². The molecule has 0 N–H and O–H groups in total. The molecule has 1 saturated heterocycles. The quantitative estimate of drug-likeness (QED) is 0.405. The van der Waals surface area contributed by atoms with Crippen LogP contribution in [0.1, 0.15) is 33.3 Å². The lowest BCUT2D eigenvalue weighted by Crippen LogP contribution is -2.48. The molecule has 3 aromatic rings. The first kappa shape index (κ1) is 23.5. The van der Waals surface area contributed by atoms with Gasteiger partial charge in [-0.05, 0) is 36.6 Å². The topological polar surface area (TPSA) is 32.8 Å². The number of amides is 1. The molecule has 1 aliphatic rings. The number of rotatable bonds is 7. The van der Waals surface area contributed by atoms with Gasteiger partial charge in [0.15, 0.2) is 0 Å². The van der Waals surface area contributed by atoms with E-state index >= 15 is 0 Å². The zero-order valence-corrected chi connectivity index (χ0v) is 20.0. The highest BCUT2D eigenvalue weighted by Gasteiger charge is 2.24. The van der Waals surface area contributed by atoms with E-state index in [9.17, 15) is 9.18 Å². The van der Waals surface area contributed by atoms with Crippen LogP contribution in [0, 0.1) is 5.82 Å². The zero-order chi connectivity index (χ0) is 23.2. The van der Waals surface area contributed by atoms with Crippen LogP contribution in [0.4, 0.5) is 4.39 Å². The number of halogens is 2. The second-order valence-corrected chi connectivity index (χ2v) is 9.23. The van der Waals surface area contributed by atoms with E-state index in [1.54, 1.807) is 12.1 Å². The van der Waals surface area contributed by atoms with Crippen molar-refractivity contribution < 1.29 is 13.9 Å². The van der Waals surface area contributed by atoms with E-state index in [4.69, 9.17) is 16.3 Å². The van der Waals surface area contributed by atoms with Crippen LogP contribution in [0.15, 0.2) is 60.0 Å². The highest BCUT2D eigenvalue weighted by Crippen LogP contribution is 2.24. The van der Waals surface area contributed by atoms with Crippen LogP contribution in [-0.4, -0.2) is 41.9 Å². The maximum atomic E-state index is 14.1. The minimum atomic E-state index is -0.289. The van der Waals surface area contributed by atoms with Gasteiger partial charge in [0.1, 0.15) is 18.2 Å². The molecule has 33 heavy (non-hydrogen) atoms. The molecule has 7 heteroatoms. The summed E-state index contributed by atoms with van der Waals surface area (Å²) in [5.74, 6) is 0.563. The van der Waals surface area contributed by atoms with Gasteiger partial charge in [-0.2, -0.15) is 0 Å². The Morgan fingerprint density at radius 1 is 1.15 bits per heavy atom. The number of hydrogen-bond donors (Lipinski definition) is 0. The van der Waals surface area contributed by atoms with E-state index < -0.39 is 0 Å². The number of ether oxygens (including phenoxy) is 1. The third-order valence-corrected chi connectivity index (χ3v) is 6.95. The maximum Gasteiger partial charge on any atom is 0.264 e. The summed E-state index contributed by atoms with van der Waals surface area (Å²) in [4.78, 5) is 17.7. The summed E-state index contributed by atoms with van der Waals surface area (Å²) >= 11 is 7.60. The number of benzene rings is 2. The van der Waals surface area contributed by atoms with Crippen molar-refractivity contribution in [3.05, 3.63) is 92.4 Å². The number of thiophene rings is 1. The van der Waals surface area contributed by atoms with Crippen LogP contribution >= 0.6 is 22.9 Å². The van der Waals surface area contributed by atoms with Crippen molar-refractivity contribution in [2.75, 3.05) is 26.2 Å². The molecule has 4 rings (SSSR count). The normalized spacial score (nSPS) is 14.7. The third kappa shape index (κ3) is 5.82. The van der Waals surface area contributed by atoms with E-state index in [0.29, 0.717) is 54.8 Å². The van der Waals surface area contributed by atoms with Gasteiger partial charge in [0.25, 0.3) is 5.91 Å². The molecule has 0 spiro atoms. The number of carbonyl (C=O) groups excluding carboxylic acids is 1. The Morgan fingerprint density at radius 2 is 1.94 bits per heavy atom.